The van der Waals surface area contributed by atoms with E-state index in [4.69, 9.17) is 5.84 Å². The molecule has 0 saturated heterocycles. The molecule has 0 spiro atoms. The molecule has 1 aliphatic heterocycles. The Kier molecular flexibility index (Phi) is 3.15. The van der Waals surface area contributed by atoms with E-state index in [0.29, 0.717) is 16.8 Å². The number of carbonyl (C=O) groups excluding carboxylic acids is 2. The van der Waals surface area contributed by atoms with E-state index in [1.165, 1.54) is 12.1 Å². The van der Waals surface area contributed by atoms with Crippen LogP contribution in [-0.2, 0) is 9.59 Å². The number of nitrogens with two attached hydrogens (primary N) is 1. The van der Waals surface area contributed by atoms with Crippen molar-refractivity contribution < 1.29 is 14.0 Å². The largest absolute Gasteiger partial charge is 0.325 e. The zero-order valence-corrected chi connectivity index (χ0v) is 10.9. The second-order valence-corrected chi connectivity index (χ2v) is 4.70. The van der Waals surface area contributed by atoms with Crippen LogP contribution in [0.4, 0.5) is 10.1 Å². The van der Waals surface area contributed by atoms with E-state index >= 15 is 0 Å². The van der Waals surface area contributed by atoms with Crippen LogP contribution in [0.15, 0.2) is 42.5 Å². The second-order valence-electron chi connectivity index (χ2n) is 4.70. The number of benzene rings is 2. The Morgan fingerprint density at radius 1 is 1.19 bits per heavy atom. The number of anilines is 1. The highest BCUT2D eigenvalue weighted by Crippen LogP contribution is 2.40. The number of rotatable bonds is 2. The molecule has 106 valence electrons. The fourth-order valence-corrected chi connectivity index (χ4v) is 2.54. The number of amides is 2. The summed E-state index contributed by atoms with van der Waals surface area (Å²) in [5.41, 5.74) is 4.54. The number of hydrogen-bond acceptors (Lipinski definition) is 3. The lowest BCUT2D eigenvalue weighted by atomic mass is 9.91. The van der Waals surface area contributed by atoms with Crippen molar-refractivity contribution in [1.82, 2.24) is 5.43 Å². The van der Waals surface area contributed by atoms with Gasteiger partial charge in [0.15, 0.2) is 0 Å². The predicted octanol–water partition coefficient (Wildman–Crippen LogP) is 1.52. The predicted molar refractivity (Wildman–Crippen MR) is 75.5 cm³/mol. The van der Waals surface area contributed by atoms with Crippen molar-refractivity contribution in [3.05, 3.63) is 53.8 Å². The summed E-state index contributed by atoms with van der Waals surface area (Å²) in [6.07, 6.45) is 0. The Bertz CT molecular complexity index is 720. The molecule has 1 aliphatic rings. The molecule has 1 atom stereocenters. The summed E-state index contributed by atoms with van der Waals surface area (Å²) in [4.78, 5) is 23.8. The first-order valence-electron chi connectivity index (χ1n) is 6.32. The molecule has 0 radical (unpaired) electrons. The Morgan fingerprint density at radius 3 is 2.57 bits per heavy atom. The third kappa shape index (κ3) is 2.15. The van der Waals surface area contributed by atoms with Crippen molar-refractivity contribution in [3.63, 3.8) is 0 Å². The van der Waals surface area contributed by atoms with Gasteiger partial charge in [-0.3, -0.25) is 15.0 Å². The van der Waals surface area contributed by atoms with Gasteiger partial charge in [-0.1, -0.05) is 24.3 Å². The first-order chi connectivity index (χ1) is 10.1. The molecule has 4 N–H and O–H groups in total. The van der Waals surface area contributed by atoms with E-state index < -0.39 is 17.7 Å². The van der Waals surface area contributed by atoms with Gasteiger partial charge in [0.1, 0.15) is 11.7 Å². The minimum atomic E-state index is -1.01. The highest BCUT2D eigenvalue weighted by molar-refractivity contribution is 6.17. The van der Waals surface area contributed by atoms with Gasteiger partial charge in [-0.05, 0) is 29.3 Å². The van der Waals surface area contributed by atoms with Gasteiger partial charge >= 0.3 is 0 Å². The molecule has 3 rings (SSSR count). The van der Waals surface area contributed by atoms with Crippen molar-refractivity contribution in [2.45, 2.75) is 5.92 Å². The summed E-state index contributed by atoms with van der Waals surface area (Å²) in [5, 5.41) is 2.65. The molecule has 2 amide bonds. The highest BCUT2D eigenvalue weighted by Gasteiger charge is 2.38. The minimum Gasteiger partial charge on any atom is -0.325 e. The molecule has 5 nitrogen and oxygen atoms in total. The molecular weight excluding hydrogens is 273 g/mol. The van der Waals surface area contributed by atoms with Crippen LogP contribution in [-0.4, -0.2) is 11.8 Å². The zero-order chi connectivity index (χ0) is 15.0. The fraction of sp³-hybridized carbons (Fsp3) is 0.0667. The molecule has 0 bridgehead atoms. The monoisotopic (exact) mass is 285 g/mol. The van der Waals surface area contributed by atoms with Crippen molar-refractivity contribution in [3.8, 4) is 11.1 Å². The van der Waals surface area contributed by atoms with E-state index in [0.717, 1.165) is 5.56 Å². The van der Waals surface area contributed by atoms with Crippen molar-refractivity contribution >= 4 is 17.5 Å². The Hall–Kier alpha value is -2.73. The van der Waals surface area contributed by atoms with Gasteiger partial charge < -0.3 is 5.32 Å². The summed E-state index contributed by atoms with van der Waals surface area (Å²) in [7, 11) is 0. The van der Waals surface area contributed by atoms with Gasteiger partial charge in [0.25, 0.3) is 5.91 Å². The van der Waals surface area contributed by atoms with Gasteiger partial charge in [0.05, 0.1) is 0 Å². The second kappa shape index (κ2) is 4.99. The van der Waals surface area contributed by atoms with Gasteiger partial charge in [-0.25, -0.2) is 10.2 Å². The summed E-state index contributed by atoms with van der Waals surface area (Å²) in [6, 6.07) is 11.1. The lowest BCUT2D eigenvalue weighted by Gasteiger charge is -2.12. The number of hydrazine groups is 1. The molecule has 0 saturated carbocycles. The molecule has 2 aromatic rings. The van der Waals surface area contributed by atoms with E-state index in [1.54, 1.807) is 30.3 Å². The Morgan fingerprint density at radius 2 is 1.90 bits per heavy atom. The van der Waals surface area contributed by atoms with E-state index in [1.807, 2.05) is 5.43 Å². The third-order valence-corrected chi connectivity index (χ3v) is 3.47. The smallest absolute Gasteiger partial charge is 0.251 e. The van der Waals surface area contributed by atoms with Crippen LogP contribution in [0, 0.1) is 5.82 Å². The Labute approximate surface area is 119 Å². The number of hydrogen-bond donors (Lipinski definition) is 3. The van der Waals surface area contributed by atoms with E-state index in [9.17, 15) is 14.0 Å². The number of halogens is 1. The molecule has 0 aromatic heterocycles. The standard InChI is InChI=1S/C15H12FN3O2/c16-9-6-4-8(5-7-9)10-2-1-3-11-12(10)13(14(20)18-11)15(21)19-17/h1-7,13H,17H2,(H,18,20)(H,19,21). The highest BCUT2D eigenvalue weighted by atomic mass is 19.1. The number of fused-ring (bicyclic) bond motifs is 1. The maximum absolute atomic E-state index is 13.1. The number of carbonyl (C=O) groups is 2. The third-order valence-electron chi connectivity index (χ3n) is 3.47. The number of nitrogens with one attached hydrogen (secondary N) is 2. The van der Waals surface area contributed by atoms with Crippen LogP contribution in [0.3, 0.4) is 0 Å². The SMILES string of the molecule is NNC(=O)C1C(=O)Nc2cccc(-c3ccc(F)cc3)c21. The quantitative estimate of drug-likeness (QED) is 0.338. The molecule has 6 heteroatoms. The van der Waals surface area contributed by atoms with Crippen molar-refractivity contribution in [2.75, 3.05) is 5.32 Å². The van der Waals surface area contributed by atoms with E-state index in [2.05, 4.69) is 5.32 Å². The Balaban J connectivity index is 2.17. The minimum absolute atomic E-state index is 0.350. The first kappa shape index (κ1) is 13.3. The van der Waals surface area contributed by atoms with Crippen LogP contribution in [0.5, 0.6) is 0 Å². The van der Waals surface area contributed by atoms with Crippen molar-refractivity contribution in [2.24, 2.45) is 5.84 Å². The average Bonchev–Trinajstić information content (AvgIpc) is 2.83. The fourth-order valence-electron chi connectivity index (χ4n) is 2.54. The summed E-state index contributed by atoms with van der Waals surface area (Å²) in [5.74, 6) is 2.78. The molecular formula is C15H12FN3O2. The lowest BCUT2D eigenvalue weighted by molar-refractivity contribution is -0.128. The summed E-state index contributed by atoms with van der Waals surface area (Å²) in [6.45, 7) is 0. The normalized spacial score (nSPS) is 16.3. The summed E-state index contributed by atoms with van der Waals surface area (Å²) >= 11 is 0. The maximum atomic E-state index is 13.1. The molecule has 0 fully saturated rings. The van der Waals surface area contributed by atoms with Gasteiger partial charge in [0, 0.05) is 11.3 Å². The molecule has 2 aromatic carbocycles. The molecule has 1 heterocycles. The molecule has 1 unspecified atom stereocenters. The first-order valence-corrected chi connectivity index (χ1v) is 6.32. The van der Waals surface area contributed by atoms with Crippen LogP contribution >= 0.6 is 0 Å². The maximum Gasteiger partial charge on any atom is 0.251 e. The van der Waals surface area contributed by atoms with Crippen LogP contribution in [0.2, 0.25) is 0 Å². The van der Waals surface area contributed by atoms with Gasteiger partial charge in [-0.15, -0.1) is 0 Å². The van der Waals surface area contributed by atoms with Crippen LogP contribution in [0.1, 0.15) is 11.5 Å². The van der Waals surface area contributed by atoms with Crippen LogP contribution < -0.4 is 16.6 Å². The van der Waals surface area contributed by atoms with Crippen LogP contribution in [0.25, 0.3) is 11.1 Å². The van der Waals surface area contributed by atoms with E-state index in [-0.39, 0.29) is 5.82 Å². The lowest BCUT2D eigenvalue weighted by Crippen LogP contribution is -2.37. The van der Waals surface area contributed by atoms with Gasteiger partial charge in [-0.2, -0.15) is 0 Å². The summed E-state index contributed by atoms with van der Waals surface area (Å²) < 4.78 is 13.1. The molecule has 0 aliphatic carbocycles. The zero-order valence-electron chi connectivity index (χ0n) is 10.9. The molecule has 21 heavy (non-hydrogen) atoms. The van der Waals surface area contributed by atoms with Crippen molar-refractivity contribution in [1.29, 1.82) is 0 Å². The van der Waals surface area contributed by atoms with Gasteiger partial charge in [0.2, 0.25) is 5.91 Å². The topological polar surface area (TPSA) is 84.2 Å². The average molecular weight is 285 g/mol.